The van der Waals surface area contributed by atoms with E-state index in [2.05, 4.69) is 15.4 Å². The first-order chi connectivity index (χ1) is 15.5. The van der Waals surface area contributed by atoms with Crippen molar-refractivity contribution in [1.29, 1.82) is 0 Å². The molecule has 0 radical (unpaired) electrons. The minimum absolute atomic E-state index is 0.120. The van der Waals surface area contributed by atoms with Gasteiger partial charge in [0.2, 0.25) is 12.7 Å². The summed E-state index contributed by atoms with van der Waals surface area (Å²) >= 11 is 0. The zero-order valence-electron chi connectivity index (χ0n) is 17.7. The Morgan fingerprint density at radius 3 is 2.69 bits per heavy atom. The summed E-state index contributed by atoms with van der Waals surface area (Å²) in [5.74, 6) is 1.55. The third-order valence-electron chi connectivity index (χ3n) is 5.38. The summed E-state index contributed by atoms with van der Waals surface area (Å²) in [6, 6.07) is 13.0. The molecule has 0 spiro atoms. The van der Waals surface area contributed by atoms with Crippen LogP contribution in [-0.4, -0.2) is 32.0 Å². The molecule has 1 amide bonds. The van der Waals surface area contributed by atoms with E-state index in [4.69, 9.17) is 9.47 Å². The molecule has 9 heteroatoms. The maximum atomic E-state index is 13.1. The summed E-state index contributed by atoms with van der Waals surface area (Å²) in [5, 5.41) is 7.59. The molecule has 0 saturated heterocycles. The highest BCUT2D eigenvalue weighted by Crippen LogP contribution is 2.34. The Morgan fingerprint density at radius 2 is 1.88 bits per heavy atom. The maximum Gasteiger partial charge on any atom is 0.264 e. The second-order valence-electron chi connectivity index (χ2n) is 7.61. The predicted octanol–water partition coefficient (Wildman–Crippen LogP) is 2.96. The van der Waals surface area contributed by atoms with Crippen LogP contribution in [0.25, 0.3) is 16.7 Å². The molecular formula is C23H21N5O4. The monoisotopic (exact) mass is 431 g/mol. The van der Waals surface area contributed by atoms with E-state index in [0.717, 1.165) is 11.3 Å². The van der Waals surface area contributed by atoms with Crippen LogP contribution in [-0.2, 0) is 11.3 Å². The largest absolute Gasteiger partial charge is 0.454 e. The number of anilines is 1. The Hall–Kier alpha value is -4.14. The molecule has 1 aliphatic heterocycles. The van der Waals surface area contributed by atoms with Crippen LogP contribution in [0.15, 0.2) is 53.5 Å². The van der Waals surface area contributed by atoms with Gasteiger partial charge in [-0.2, -0.15) is 5.10 Å². The molecule has 0 unspecified atom stereocenters. The number of hydrogen-bond acceptors (Lipinski definition) is 6. The van der Waals surface area contributed by atoms with Crippen LogP contribution in [0.5, 0.6) is 11.5 Å². The van der Waals surface area contributed by atoms with Gasteiger partial charge in [0.25, 0.3) is 5.56 Å². The van der Waals surface area contributed by atoms with Gasteiger partial charge in [-0.1, -0.05) is 17.7 Å². The van der Waals surface area contributed by atoms with E-state index in [9.17, 15) is 9.59 Å². The van der Waals surface area contributed by atoms with Gasteiger partial charge in [0, 0.05) is 24.7 Å². The molecular weight excluding hydrogens is 410 g/mol. The molecule has 0 bridgehead atoms. The molecule has 0 fully saturated rings. The molecule has 1 N–H and O–H groups in total. The van der Waals surface area contributed by atoms with Crippen LogP contribution in [0, 0.1) is 13.8 Å². The van der Waals surface area contributed by atoms with E-state index < -0.39 is 0 Å². The smallest absolute Gasteiger partial charge is 0.264 e. The van der Waals surface area contributed by atoms with Crippen LogP contribution in [0.3, 0.4) is 0 Å². The molecule has 2 aromatic carbocycles. The SMILES string of the molecule is Cc1ccc(-n2ncc3c(=O)n(CCC(=O)Nc4ccc5c(c4)OCO5)c(C)nc32)cc1. The minimum Gasteiger partial charge on any atom is -0.454 e. The number of rotatable bonds is 5. The van der Waals surface area contributed by atoms with E-state index in [-0.39, 0.29) is 31.2 Å². The Labute approximate surface area is 183 Å². The number of amides is 1. The number of nitrogens with one attached hydrogen (secondary N) is 1. The number of carbonyl (C=O) groups excluding carboxylic acids is 1. The van der Waals surface area contributed by atoms with E-state index in [1.807, 2.05) is 31.2 Å². The van der Waals surface area contributed by atoms with Gasteiger partial charge in [-0.25, -0.2) is 9.67 Å². The van der Waals surface area contributed by atoms with Crippen LogP contribution < -0.4 is 20.3 Å². The summed E-state index contributed by atoms with van der Waals surface area (Å²) in [4.78, 5) is 30.1. The van der Waals surface area contributed by atoms with Gasteiger partial charge in [-0.05, 0) is 38.1 Å². The lowest BCUT2D eigenvalue weighted by Crippen LogP contribution is -2.26. The van der Waals surface area contributed by atoms with Gasteiger partial charge in [0.15, 0.2) is 17.1 Å². The van der Waals surface area contributed by atoms with Gasteiger partial charge >= 0.3 is 0 Å². The molecule has 5 rings (SSSR count). The molecule has 9 nitrogen and oxygen atoms in total. The quantitative estimate of drug-likeness (QED) is 0.522. The van der Waals surface area contributed by atoms with Crippen molar-refractivity contribution in [3.8, 4) is 17.2 Å². The van der Waals surface area contributed by atoms with Crippen LogP contribution in [0.1, 0.15) is 17.8 Å². The van der Waals surface area contributed by atoms with Gasteiger partial charge in [-0.15, -0.1) is 0 Å². The third kappa shape index (κ3) is 3.58. The fourth-order valence-electron chi connectivity index (χ4n) is 3.66. The van der Waals surface area contributed by atoms with Crippen molar-refractivity contribution in [2.45, 2.75) is 26.8 Å². The Morgan fingerprint density at radius 1 is 1.09 bits per heavy atom. The number of nitrogens with zero attached hydrogens (tertiary/aromatic N) is 4. The molecule has 162 valence electrons. The standard InChI is InChI=1S/C23H21N5O4/c1-14-3-6-17(7-4-14)28-22-18(12-24-28)23(30)27(15(2)25-22)10-9-21(29)26-16-5-8-19-20(11-16)32-13-31-19/h3-8,11-12H,9-10,13H2,1-2H3,(H,26,29). The van der Waals surface area contributed by atoms with Crippen LogP contribution >= 0.6 is 0 Å². The summed E-state index contributed by atoms with van der Waals surface area (Å²) in [6.07, 6.45) is 1.64. The number of carbonyl (C=O) groups is 1. The average molecular weight is 431 g/mol. The van der Waals surface area contributed by atoms with Crippen molar-refractivity contribution in [3.63, 3.8) is 0 Å². The lowest BCUT2D eigenvalue weighted by atomic mass is 10.2. The predicted molar refractivity (Wildman–Crippen MR) is 118 cm³/mol. The maximum absolute atomic E-state index is 13.1. The number of aryl methyl sites for hydroxylation is 2. The van der Waals surface area contributed by atoms with Crippen molar-refractivity contribution in [2.24, 2.45) is 0 Å². The second-order valence-corrected chi connectivity index (χ2v) is 7.61. The molecule has 1 aliphatic rings. The molecule has 0 aliphatic carbocycles. The highest BCUT2D eigenvalue weighted by molar-refractivity contribution is 5.91. The van der Waals surface area contributed by atoms with E-state index in [1.165, 1.54) is 10.8 Å². The third-order valence-corrected chi connectivity index (χ3v) is 5.38. The Bertz CT molecular complexity index is 1390. The zero-order valence-corrected chi connectivity index (χ0v) is 17.7. The van der Waals surface area contributed by atoms with Crippen molar-refractivity contribution in [2.75, 3.05) is 12.1 Å². The first-order valence-electron chi connectivity index (χ1n) is 10.2. The lowest BCUT2D eigenvalue weighted by Gasteiger charge is -2.11. The zero-order chi connectivity index (χ0) is 22.2. The van der Waals surface area contributed by atoms with Crippen molar-refractivity contribution in [3.05, 3.63) is 70.4 Å². The molecule has 0 atom stereocenters. The minimum atomic E-state index is -0.221. The van der Waals surface area contributed by atoms with Crippen molar-refractivity contribution >= 4 is 22.6 Å². The summed E-state index contributed by atoms with van der Waals surface area (Å²) in [6.45, 7) is 4.14. The average Bonchev–Trinajstić information content (AvgIpc) is 3.41. The number of hydrogen-bond donors (Lipinski definition) is 1. The summed E-state index contributed by atoms with van der Waals surface area (Å²) < 4.78 is 13.8. The van der Waals surface area contributed by atoms with Gasteiger partial charge in [-0.3, -0.25) is 14.2 Å². The second kappa shape index (κ2) is 7.84. The van der Waals surface area contributed by atoms with Gasteiger partial charge in [0.05, 0.1) is 11.9 Å². The first-order valence-corrected chi connectivity index (χ1v) is 10.2. The van der Waals surface area contributed by atoms with Gasteiger partial charge in [0.1, 0.15) is 11.2 Å². The topological polar surface area (TPSA) is 100 Å². The van der Waals surface area contributed by atoms with Crippen LogP contribution in [0.2, 0.25) is 0 Å². The number of fused-ring (bicyclic) bond motifs is 2. The molecule has 2 aromatic heterocycles. The molecule has 4 aromatic rings. The number of ether oxygens (including phenoxy) is 2. The fraction of sp³-hybridized carbons (Fsp3) is 0.217. The summed E-state index contributed by atoms with van der Waals surface area (Å²) in [5.41, 5.74) is 2.85. The van der Waals surface area contributed by atoms with Crippen LogP contribution in [0.4, 0.5) is 5.69 Å². The molecule has 0 saturated carbocycles. The first kappa shape index (κ1) is 19.8. The normalized spacial score (nSPS) is 12.3. The van der Waals surface area contributed by atoms with Crippen molar-refractivity contribution < 1.29 is 14.3 Å². The summed E-state index contributed by atoms with van der Waals surface area (Å²) in [7, 11) is 0. The fourth-order valence-corrected chi connectivity index (χ4v) is 3.66. The van der Waals surface area contributed by atoms with Crippen molar-refractivity contribution in [1.82, 2.24) is 19.3 Å². The lowest BCUT2D eigenvalue weighted by molar-refractivity contribution is -0.116. The number of aromatic nitrogens is 4. The van der Waals surface area contributed by atoms with Gasteiger partial charge < -0.3 is 14.8 Å². The van der Waals surface area contributed by atoms with E-state index in [0.29, 0.717) is 34.0 Å². The highest BCUT2D eigenvalue weighted by atomic mass is 16.7. The van der Waals surface area contributed by atoms with E-state index in [1.54, 1.807) is 29.8 Å². The molecule has 3 heterocycles. The van der Waals surface area contributed by atoms with E-state index >= 15 is 0 Å². The Kier molecular flexibility index (Phi) is 4.85. The number of benzene rings is 2. The highest BCUT2D eigenvalue weighted by Gasteiger charge is 2.16. The Balaban J connectivity index is 1.35. The molecule has 32 heavy (non-hydrogen) atoms.